The van der Waals surface area contributed by atoms with Crippen molar-refractivity contribution in [2.75, 3.05) is 7.11 Å². The molecule has 0 atom stereocenters. The van der Waals surface area contributed by atoms with Crippen molar-refractivity contribution >= 4 is 11.2 Å². The zero-order chi connectivity index (χ0) is 9.42. The van der Waals surface area contributed by atoms with Crippen LogP contribution in [0.1, 0.15) is 5.56 Å². The topological polar surface area (TPSA) is 39.9 Å². The Kier molecular flexibility index (Phi) is 1.69. The molecule has 0 N–H and O–H groups in total. The molecule has 13 heavy (non-hydrogen) atoms. The maximum Gasteiger partial charge on any atom is 0.218 e. The smallest absolute Gasteiger partial charge is 0.218 e. The molecule has 0 amide bonds. The van der Waals surface area contributed by atoms with Crippen LogP contribution < -0.4 is 4.74 Å². The van der Waals surface area contributed by atoms with Crippen LogP contribution in [0.15, 0.2) is 6.07 Å². The Morgan fingerprint density at radius 1 is 1.54 bits per heavy atom. The van der Waals surface area contributed by atoms with E-state index in [0.717, 1.165) is 16.7 Å². The van der Waals surface area contributed by atoms with Crippen molar-refractivity contribution in [3.63, 3.8) is 0 Å². The molecule has 4 heteroatoms. The summed E-state index contributed by atoms with van der Waals surface area (Å²) < 4.78 is 6.86. The molecule has 0 saturated carbocycles. The van der Waals surface area contributed by atoms with Crippen LogP contribution in [0.2, 0.25) is 0 Å². The molecule has 2 heterocycles. The van der Waals surface area contributed by atoms with Crippen molar-refractivity contribution in [2.24, 2.45) is 7.05 Å². The van der Waals surface area contributed by atoms with E-state index in [1.54, 1.807) is 11.7 Å². The minimum absolute atomic E-state index is 0.643. The van der Waals surface area contributed by atoms with E-state index in [0.29, 0.717) is 5.88 Å². The molecule has 0 aromatic carbocycles. The van der Waals surface area contributed by atoms with Gasteiger partial charge in [-0.05, 0) is 13.0 Å². The van der Waals surface area contributed by atoms with Crippen LogP contribution in [0.5, 0.6) is 5.88 Å². The summed E-state index contributed by atoms with van der Waals surface area (Å²) in [6.45, 7) is 1.94. The number of pyridine rings is 1. The van der Waals surface area contributed by atoms with Crippen molar-refractivity contribution in [3.8, 4) is 5.88 Å². The monoisotopic (exact) mass is 176 g/mol. The Morgan fingerprint density at radius 2 is 2.31 bits per heavy atom. The summed E-state index contributed by atoms with van der Waals surface area (Å²) in [5, 5.41) is 0. The molecular formula is C9H10N3O. The summed E-state index contributed by atoms with van der Waals surface area (Å²) >= 11 is 0. The summed E-state index contributed by atoms with van der Waals surface area (Å²) in [7, 11) is 3.47. The van der Waals surface area contributed by atoms with Gasteiger partial charge in [0.2, 0.25) is 5.88 Å². The van der Waals surface area contributed by atoms with Crippen LogP contribution in [0.3, 0.4) is 0 Å². The molecule has 0 saturated heterocycles. The quantitative estimate of drug-likeness (QED) is 0.652. The van der Waals surface area contributed by atoms with Gasteiger partial charge in [-0.1, -0.05) is 0 Å². The van der Waals surface area contributed by atoms with Crippen LogP contribution >= 0.6 is 0 Å². The second kappa shape index (κ2) is 2.73. The summed E-state index contributed by atoms with van der Waals surface area (Å²) in [6.07, 6.45) is 2.80. The molecule has 2 aromatic heterocycles. The lowest BCUT2D eigenvalue weighted by Gasteiger charge is -2.02. The van der Waals surface area contributed by atoms with E-state index in [1.165, 1.54) is 0 Å². The maximum absolute atomic E-state index is 5.11. The number of methoxy groups -OCH3 is 1. The normalized spacial score (nSPS) is 10.7. The molecule has 0 aliphatic rings. The van der Waals surface area contributed by atoms with Crippen LogP contribution in [0.25, 0.3) is 11.2 Å². The Morgan fingerprint density at radius 3 is 3.00 bits per heavy atom. The Bertz CT molecular complexity index is 447. The van der Waals surface area contributed by atoms with Gasteiger partial charge < -0.3 is 9.30 Å². The van der Waals surface area contributed by atoms with Gasteiger partial charge in [0.05, 0.1) is 7.11 Å². The number of hydrogen-bond donors (Lipinski definition) is 0. The second-order valence-corrected chi connectivity index (χ2v) is 2.93. The first-order valence-electron chi connectivity index (χ1n) is 3.98. The molecule has 0 aliphatic heterocycles. The Hall–Kier alpha value is -1.58. The predicted molar refractivity (Wildman–Crippen MR) is 48.6 cm³/mol. The van der Waals surface area contributed by atoms with Gasteiger partial charge in [-0.2, -0.15) is 4.98 Å². The first-order valence-corrected chi connectivity index (χ1v) is 3.98. The lowest BCUT2D eigenvalue weighted by atomic mass is 10.3. The van der Waals surface area contributed by atoms with Gasteiger partial charge >= 0.3 is 0 Å². The summed E-state index contributed by atoms with van der Waals surface area (Å²) in [5.74, 6) is 0.643. The maximum atomic E-state index is 5.11. The molecule has 0 spiro atoms. The van der Waals surface area contributed by atoms with Crippen molar-refractivity contribution in [1.82, 2.24) is 14.5 Å². The molecule has 0 fully saturated rings. The Labute approximate surface area is 76.2 Å². The number of nitrogens with zero attached hydrogens (tertiary/aromatic N) is 3. The number of hydrogen-bond acceptors (Lipinski definition) is 3. The third kappa shape index (κ3) is 1.14. The molecule has 2 rings (SSSR count). The second-order valence-electron chi connectivity index (χ2n) is 2.93. The van der Waals surface area contributed by atoms with Gasteiger partial charge in [0.25, 0.3) is 0 Å². The highest BCUT2D eigenvalue weighted by molar-refractivity contribution is 5.72. The number of ether oxygens (including phenoxy) is 1. The van der Waals surface area contributed by atoms with E-state index in [1.807, 2.05) is 20.0 Å². The number of aromatic nitrogens is 3. The van der Waals surface area contributed by atoms with Crippen molar-refractivity contribution in [3.05, 3.63) is 18.0 Å². The minimum Gasteiger partial charge on any atom is -0.481 e. The average molecular weight is 176 g/mol. The van der Waals surface area contributed by atoms with Gasteiger partial charge in [0.15, 0.2) is 12.0 Å². The van der Waals surface area contributed by atoms with E-state index in [-0.39, 0.29) is 0 Å². The summed E-state index contributed by atoms with van der Waals surface area (Å²) in [4.78, 5) is 8.37. The fraction of sp³-hybridized carbons (Fsp3) is 0.333. The van der Waals surface area contributed by atoms with Crippen LogP contribution in [-0.2, 0) is 7.05 Å². The predicted octanol–water partition coefficient (Wildman–Crippen LogP) is 1.09. The molecule has 0 aliphatic carbocycles. The van der Waals surface area contributed by atoms with Crippen molar-refractivity contribution < 1.29 is 4.74 Å². The zero-order valence-corrected chi connectivity index (χ0v) is 7.83. The molecule has 2 aromatic rings. The molecule has 67 valence electrons. The highest BCUT2D eigenvalue weighted by atomic mass is 16.5. The number of rotatable bonds is 1. The number of fused-ring (bicyclic) bond motifs is 1. The third-order valence-electron chi connectivity index (χ3n) is 1.96. The van der Waals surface area contributed by atoms with Crippen LogP contribution in [0, 0.1) is 13.3 Å². The first-order chi connectivity index (χ1) is 6.22. The van der Waals surface area contributed by atoms with Crippen LogP contribution in [-0.4, -0.2) is 21.6 Å². The van der Waals surface area contributed by atoms with Crippen molar-refractivity contribution in [1.29, 1.82) is 0 Å². The van der Waals surface area contributed by atoms with E-state index in [9.17, 15) is 0 Å². The highest BCUT2D eigenvalue weighted by Crippen LogP contribution is 2.19. The largest absolute Gasteiger partial charge is 0.481 e. The fourth-order valence-electron chi connectivity index (χ4n) is 1.28. The van der Waals surface area contributed by atoms with E-state index in [2.05, 4.69) is 16.3 Å². The van der Waals surface area contributed by atoms with E-state index in [4.69, 9.17) is 4.74 Å². The zero-order valence-electron chi connectivity index (χ0n) is 7.83. The Balaban J connectivity index is 2.77. The standard InChI is InChI=1S/C9H10N3O/c1-6-4-7-8(11-9(6)13-3)12(2)5-10-7/h4H,1-3H3. The SMILES string of the molecule is COc1nc2c(cc1C)n[c]n2C. The number of imidazole rings is 1. The lowest BCUT2D eigenvalue weighted by Crippen LogP contribution is -1.94. The molecule has 0 bridgehead atoms. The van der Waals surface area contributed by atoms with Gasteiger partial charge in [0, 0.05) is 12.6 Å². The fourth-order valence-corrected chi connectivity index (χ4v) is 1.28. The minimum atomic E-state index is 0.643. The first kappa shape index (κ1) is 8.04. The van der Waals surface area contributed by atoms with Gasteiger partial charge in [0.1, 0.15) is 5.52 Å². The lowest BCUT2D eigenvalue weighted by molar-refractivity contribution is 0.396. The number of aryl methyl sites for hydroxylation is 2. The van der Waals surface area contributed by atoms with Gasteiger partial charge in [-0.15, -0.1) is 0 Å². The molecule has 0 unspecified atom stereocenters. The van der Waals surface area contributed by atoms with Gasteiger partial charge in [-0.25, -0.2) is 4.98 Å². The van der Waals surface area contributed by atoms with E-state index >= 15 is 0 Å². The summed E-state index contributed by atoms with van der Waals surface area (Å²) in [6, 6.07) is 1.94. The third-order valence-corrected chi connectivity index (χ3v) is 1.96. The van der Waals surface area contributed by atoms with Crippen molar-refractivity contribution in [2.45, 2.75) is 6.92 Å². The van der Waals surface area contributed by atoms with Crippen LogP contribution in [0.4, 0.5) is 0 Å². The molecule has 4 nitrogen and oxygen atoms in total. The average Bonchev–Trinajstić information content (AvgIpc) is 2.46. The highest BCUT2D eigenvalue weighted by Gasteiger charge is 2.06. The molecular weight excluding hydrogens is 166 g/mol. The van der Waals surface area contributed by atoms with Gasteiger partial charge in [-0.3, -0.25) is 0 Å². The molecule has 1 radical (unpaired) electrons. The summed E-state index contributed by atoms with van der Waals surface area (Å²) in [5.41, 5.74) is 2.63. The van der Waals surface area contributed by atoms with E-state index < -0.39 is 0 Å².